The van der Waals surface area contributed by atoms with Gasteiger partial charge in [0.25, 0.3) is 5.91 Å². The number of halogens is 4. The lowest BCUT2D eigenvalue weighted by atomic mass is 10.2. The summed E-state index contributed by atoms with van der Waals surface area (Å²) in [4.78, 5) is 15.8. The Hall–Kier alpha value is -2.09. The van der Waals surface area contributed by atoms with Crippen LogP contribution < -0.4 is 11.1 Å². The molecule has 0 aliphatic rings. The van der Waals surface area contributed by atoms with E-state index >= 15 is 0 Å². The number of anilines is 2. The van der Waals surface area contributed by atoms with Gasteiger partial charge in [0.15, 0.2) is 0 Å². The topological polar surface area (TPSA) is 68.0 Å². The predicted octanol–water partition coefficient (Wildman–Crippen LogP) is 3.70. The summed E-state index contributed by atoms with van der Waals surface area (Å²) in [6.45, 7) is 0. The second kappa shape index (κ2) is 5.72. The average molecular weight is 360 g/mol. The summed E-state index contributed by atoms with van der Waals surface area (Å²) in [6.07, 6.45) is -3.06. The molecule has 0 atom stereocenters. The molecular weight excluding hydrogens is 351 g/mol. The van der Waals surface area contributed by atoms with E-state index in [1.165, 1.54) is 24.4 Å². The standard InChI is InChI=1S/C13H9BrF3N3O/c14-8-5-10(11(18)19-6-8)12(21)20-9-3-1-2-7(4-9)13(15,16)17/h1-6H,(H2,18,19)(H,20,21). The molecule has 0 spiro atoms. The van der Waals surface area contributed by atoms with Crippen LogP contribution in [-0.4, -0.2) is 10.9 Å². The minimum absolute atomic E-state index is 0.0114. The van der Waals surface area contributed by atoms with Crippen LogP contribution in [0, 0.1) is 0 Å². The van der Waals surface area contributed by atoms with Crippen LogP contribution in [0.25, 0.3) is 0 Å². The third kappa shape index (κ3) is 3.72. The summed E-state index contributed by atoms with van der Waals surface area (Å²) in [6, 6.07) is 5.77. The highest BCUT2D eigenvalue weighted by atomic mass is 79.9. The first-order valence-electron chi connectivity index (χ1n) is 5.67. The molecule has 1 heterocycles. The Labute approximate surface area is 126 Å². The lowest BCUT2D eigenvalue weighted by Gasteiger charge is -2.10. The van der Waals surface area contributed by atoms with Gasteiger partial charge in [-0.15, -0.1) is 0 Å². The van der Waals surface area contributed by atoms with Crippen molar-refractivity contribution in [2.75, 3.05) is 11.1 Å². The van der Waals surface area contributed by atoms with Gasteiger partial charge in [0.2, 0.25) is 0 Å². The van der Waals surface area contributed by atoms with Gasteiger partial charge in [-0.1, -0.05) is 6.07 Å². The molecule has 3 N–H and O–H groups in total. The van der Waals surface area contributed by atoms with Crippen LogP contribution in [0.15, 0.2) is 41.0 Å². The van der Waals surface area contributed by atoms with Gasteiger partial charge in [0.1, 0.15) is 5.82 Å². The minimum Gasteiger partial charge on any atom is -0.383 e. The first-order chi connectivity index (χ1) is 9.77. The predicted molar refractivity (Wildman–Crippen MR) is 75.7 cm³/mol. The number of pyridine rings is 1. The molecule has 1 aromatic carbocycles. The van der Waals surface area contributed by atoms with Crippen molar-refractivity contribution in [1.29, 1.82) is 0 Å². The molecule has 8 heteroatoms. The third-order valence-electron chi connectivity index (χ3n) is 2.58. The number of aromatic nitrogens is 1. The highest BCUT2D eigenvalue weighted by Gasteiger charge is 2.30. The van der Waals surface area contributed by atoms with Crippen LogP contribution in [0.3, 0.4) is 0 Å². The van der Waals surface area contributed by atoms with Crippen molar-refractivity contribution in [2.24, 2.45) is 0 Å². The zero-order chi connectivity index (χ0) is 15.6. The monoisotopic (exact) mass is 359 g/mol. The van der Waals surface area contributed by atoms with Crippen molar-refractivity contribution in [3.05, 3.63) is 52.1 Å². The molecule has 21 heavy (non-hydrogen) atoms. The second-order valence-electron chi connectivity index (χ2n) is 4.12. The number of alkyl halides is 3. The number of nitrogens with zero attached hydrogens (tertiary/aromatic N) is 1. The van der Waals surface area contributed by atoms with E-state index in [1.807, 2.05) is 0 Å². The molecular formula is C13H9BrF3N3O. The first-order valence-corrected chi connectivity index (χ1v) is 6.46. The fourth-order valence-electron chi connectivity index (χ4n) is 1.60. The Balaban J connectivity index is 2.26. The summed E-state index contributed by atoms with van der Waals surface area (Å²) < 4.78 is 38.3. The van der Waals surface area contributed by atoms with Crippen LogP contribution >= 0.6 is 15.9 Å². The van der Waals surface area contributed by atoms with Crippen LogP contribution in [0.4, 0.5) is 24.7 Å². The van der Waals surface area contributed by atoms with Crippen molar-refractivity contribution >= 4 is 33.3 Å². The molecule has 2 rings (SSSR count). The lowest BCUT2D eigenvalue weighted by molar-refractivity contribution is -0.137. The molecule has 0 radical (unpaired) electrons. The number of nitrogen functional groups attached to an aromatic ring is 1. The number of hydrogen-bond donors (Lipinski definition) is 2. The van der Waals surface area contributed by atoms with E-state index in [1.54, 1.807) is 0 Å². The van der Waals surface area contributed by atoms with E-state index in [-0.39, 0.29) is 17.1 Å². The molecule has 1 aromatic heterocycles. The maximum Gasteiger partial charge on any atom is 0.416 e. The highest BCUT2D eigenvalue weighted by Crippen LogP contribution is 2.30. The van der Waals surface area contributed by atoms with Crippen LogP contribution in [0.2, 0.25) is 0 Å². The summed E-state index contributed by atoms with van der Waals surface area (Å²) in [7, 11) is 0. The van der Waals surface area contributed by atoms with E-state index in [9.17, 15) is 18.0 Å². The molecule has 4 nitrogen and oxygen atoms in total. The Morgan fingerprint density at radius 2 is 2.00 bits per heavy atom. The number of carbonyl (C=O) groups is 1. The van der Waals surface area contributed by atoms with E-state index in [0.29, 0.717) is 4.47 Å². The van der Waals surface area contributed by atoms with Gasteiger partial charge in [0, 0.05) is 16.4 Å². The Kier molecular flexibility index (Phi) is 4.17. The second-order valence-corrected chi connectivity index (χ2v) is 5.03. The quantitative estimate of drug-likeness (QED) is 0.858. The molecule has 2 aromatic rings. The van der Waals surface area contributed by atoms with Gasteiger partial charge in [-0.2, -0.15) is 13.2 Å². The fraction of sp³-hybridized carbons (Fsp3) is 0.0769. The zero-order valence-electron chi connectivity index (χ0n) is 10.4. The molecule has 0 saturated carbocycles. The lowest BCUT2D eigenvalue weighted by Crippen LogP contribution is -2.15. The molecule has 0 bridgehead atoms. The van der Waals surface area contributed by atoms with Crippen molar-refractivity contribution in [1.82, 2.24) is 4.98 Å². The Morgan fingerprint density at radius 1 is 1.29 bits per heavy atom. The van der Waals surface area contributed by atoms with Crippen LogP contribution in [0.5, 0.6) is 0 Å². The number of benzene rings is 1. The molecule has 1 amide bonds. The molecule has 110 valence electrons. The Bertz CT molecular complexity index is 689. The minimum atomic E-state index is -4.48. The largest absolute Gasteiger partial charge is 0.416 e. The number of amides is 1. The molecule has 0 unspecified atom stereocenters. The van der Waals surface area contributed by atoms with Crippen LogP contribution in [0.1, 0.15) is 15.9 Å². The number of nitrogens with one attached hydrogen (secondary N) is 1. The first kappa shape index (κ1) is 15.3. The molecule has 0 saturated heterocycles. The van der Waals surface area contributed by atoms with E-state index in [0.717, 1.165) is 12.1 Å². The molecule has 0 aliphatic carbocycles. The van der Waals surface area contributed by atoms with Gasteiger partial charge in [-0.25, -0.2) is 4.98 Å². The highest BCUT2D eigenvalue weighted by molar-refractivity contribution is 9.10. The van der Waals surface area contributed by atoms with Crippen molar-refractivity contribution in [2.45, 2.75) is 6.18 Å². The van der Waals surface area contributed by atoms with Crippen molar-refractivity contribution < 1.29 is 18.0 Å². The summed E-state index contributed by atoms with van der Waals surface area (Å²) in [5.74, 6) is -0.650. The van der Waals surface area contributed by atoms with Gasteiger partial charge in [-0.3, -0.25) is 4.79 Å². The van der Waals surface area contributed by atoms with Gasteiger partial charge >= 0.3 is 6.18 Å². The van der Waals surface area contributed by atoms with Crippen LogP contribution in [-0.2, 0) is 6.18 Å². The average Bonchev–Trinajstić information content (AvgIpc) is 2.41. The summed E-state index contributed by atoms with van der Waals surface area (Å²) in [5.41, 5.74) is 4.82. The van der Waals surface area contributed by atoms with E-state index in [2.05, 4.69) is 26.2 Å². The maximum atomic E-state index is 12.6. The smallest absolute Gasteiger partial charge is 0.383 e. The van der Waals surface area contributed by atoms with Gasteiger partial charge < -0.3 is 11.1 Å². The maximum absolute atomic E-state index is 12.6. The number of hydrogen-bond acceptors (Lipinski definition) is 3. The zero-order valence-corrected chi connectivity index (χ0v) is 12.0. The number of nitrogens with two attached hydrogens (primary N) is 1. The van der Waals surface area contributed by atoms with E-state index < -0.39 is 17.6 Å². The summed E-state index contributed by atoms with van der Waals surface area (Å²) >= 11 is 3.14. The number of rotatable bonds is 2. The number of carbonyl (C=O) groups excluding carboxylic acids is 1. The van der Waals surface area contributed by atoms with Crippen molar-refractivity contribution in [3.8, 4) is 0 Å². The third-order valence-corrected chi connectivity index (χ3v) is 3.01. The summed E-state index contributed by atoms with van der Waals surface area (Å²) in [5, 5.41) is 2.36. The van der Waals surface area contributed by atoms with Crippen molar-refractivity contribution in [3.63, 3.8) is 0 Å². The fourth-order valence-corrected chi connectivity index (χ4v) is 1.93. The normalized spacial score (nSPS) is 11.2. The molecule has 0 aliphatic heterocycles. The van der Waals surface area contributed by atoms with E-state index in [4.69, 9.17) is 5.73 Å². The van der Waals surface area contributed by atoms with Gasteiger partial charge in [-0.05, 0) is 40.2 Å². The SMILES string of the molecule is Nc1ncc(Br)cc1C(=O)Nc1cccc(C(F)(F)F)c1. The Morgan fingerprint density at radius 3 is 2.67 bits per heavy atom. The molecule has 0 fully saturated rings. The van der Waals surface area contributed by atoms with Gasteiger partial charge in [0.05, 0.1) is 11.1 Å².